The van der Waals surface area contributed by atoms with E-state index in [4.69, 9.17) is 14.2 Å². The van der Waals surface area contributed by atoms with Gasteiger partial charge in [-0.2, -0.15) is 0 Å². The fourth-order valence-corrected chi connectivity index (χ4v) is 10.6. The molecule has 6 N–H and O–H groups in total. The first-order chi connectivity index (χ1) is 37.7. The minimum absolute atomic E-state index is 0.107. The first-order valence-electron chi connectivity index (χ1n) is 33.1. The lowest BCUT2D eigenvalue weighted by molar-refractivity contribution is -0.305. The van der Waals surface area contributed by atoms with Gasteiger partial charge in [0, 0.05) is 6.42 Å². The van der Waals surface area contributed by atoms with Crippen LogP contribution in [-0.2, 0) is 23.8 Å². The van der Waals surface area contributed by atoms with Crippen LogP contribution in [0.15, 0.2) is 24.3 Å². The summed E-state index contributed by atoms with van der Waals surface area (Å²) in [5.41, 5.74) is 0. The number of aliphatic hydroxyl groups excluding tert-OH is 5. The van der Waals surface area contributed by atoms with Crippen molar-refractivity contribution < 1.29 is 49.3 Å². The summed E-state index contributed by atoms with van der Waals surface area (Å²) in [6, 6.07) is -1.02. The molecule has 0 aromatic carbocycles. The van der Waals surface area contributed by atoms with Crippen LogP contribution >= 0.6 is 0 Å². The summed E-state index contributed by atoms with van der Waals surface area (Å²) in [7, 11) is 0. The van der Waals surface area contributed by atoms with Crippen LogP contribution in [0.5, 0.6) is 0 Å². The number of rotatable bonds is 57. The van der Waals surface area contributed by atoms with E-state index in [9.17, 15) is 35.1 Å². The molecule has 1 heterocycles. The van der Waals surface area contributed by atoms with Crippen LogP contribution in [0.25, 0.3) is 0 Å². The monoisotopic (exact) mass is 1090 g/mol. The fourth-order valence-electron chi connectivity index (χ4n) is 10.6. The van der Waals surface area contributed by atoms with Crippen molar-refractivity contribution in [1.82, 2.24) is 5.32 Å². The summed E-state index contributed by atoms with van der Waals surface area (Å²) in [6.45, 7) is 5.81. The van der Waals surface area contributed by atoms with Crippen molar-refractivity contribution >= 4 is 11.9 Å². The summed E-state index contributed by atoms with van der Waals surface area (Å²) in [4.78, 5) is 26.5. The van der Waals surface area contributed by atoms with Gasteiger partial charge in [0.1, 0.15) is 24.4 Å². The van der Waals surface area contributed by atoms with E-state index in [0.717, 1.165) is 64.2 Å². The zero-order chi connectivity index (χ0) is 56.1. The van der Waals surface area contributed by atoms with Crippen molar-refractivity contribution in [2.45, 2.75) is 372 Å². The van der Waals surface area contributed by atoms with Gasteiger partial charge < -0.3 is 45.1 Å². The molecule has 1 rings (SSSR count). The van der Waals surface area contributed by atoms with E-state index in [0.29, 0.717) is 19.3 Å². The maximum atomic E-state index is 13.5. The molecule has 11 nitrogen and oxygen atoms in total. The number of aliphatic hydroxyl groups is 5. The van der Waals surface area contributed by atoms with Gasteiger partial charge in [-0.15, -0.1) is 0 Å². The lowest BCUT2D eigenvalue weighted by atomic mass is 9.99. The molecule has 8 unspecified atom stereocenters. The second-order valence-electron chi connectivity index (χ2n) is 23.2. The highest BCUT2D eigenvalue weighted by atomic mass is 16.7. The Morgan fingerprint density at radius 3 is 1.26 bits per heavy atom. The standard InChI is InChI=1S/C66H125NO10/c1-4-7-10-13-16-19-22-25-26-27-28-29-30-31-32-33-36-38-41-44-47-50-53-59(70)65(74)67-57(58(69)52-49-46-43-40-37-34-23-20-17-14-11-8-5-2)56-75-66-64(63(73)62(72)60(55-68)76-66)77-61(71)54-51-48-45-42-39-35-24-21-18-15-12-9-6-3/h35,39,49,52,57-60,62-64,66,68-70,72-73H,4-34,36-38,40-48,50-51,53-56H2,1-3H3,(H,67,74)/b39-35-,52-49+. The number of carbonyl (C=O) groups excluding carboxylic acids is 2. The first-order valence-corrected chi connectivity index (χ1v) is 33.1. The van der Waals surface area contributed by atoms with Crippen LogP contribution in [0, 0.1) is 0 Å². The van der Waals surface area contributed by atoms with E-state index in [1.165, 1.54) is 212 Å². The average Bonchev–Trinajstić information content (AvgIpc) is 3.43. The average molecular weight is 1090 g/mol. The number of hydrogen-bond donors (Lipinski definition) is 6. The molecule has 1 saturated heterocycles. The number of allylic oxidation sites excluding steroid dienone is 3. The summed E-state index contributed by atoms with van der Waals surface area (Å²) < 4.78 is 17.6. The Hall–Kier alpha value is -1.86. The van der Waals surface area contributed by atoms with Crippen molar-refractivity contribution in [3.63, 3.8) is 0 Å². The van der Waals surface area contributed by atoms with E-state index in [2.05, 4.69) is 38.2 Å². The molecule has 0 aliphatic carbocycles. The topological polar surface area (TPSA) is 175 Å². The normalized spacial score (nSPS) is 19.1. The number of ether oxygens (including phenoxy) is 3. The zero-order valence-electron chi connectivity index (χ0n) is 50.4. The van der Waals surface area contributed by atoms with Gasteiger partial charge in [-0.1, -0.05) is 289 Å². The number of esters is 1. The predicted octanol–water partition coefficient (Wildman–Crippen LogP) is 16.1. The molecular formula is C66H125NO10. The van der Waals surface area contributed by atoms with Crippen molar-refractivity contribution in [2.75, 3.05) is 13.2 Å². The van der Waals surface area contributed by atoms with Crippen LogP contribution < -0.4 is 5.32 Å². The third kappa shape index (κ3) is 42.6. The van der Waals surface area contributed by atoms with Crippen LogP contribution in [-0.4, -0.2) is 99.6 Å². The van der Waals surface area contributed by atoms with Crippen LogP contribution in [0.4, 0.5) is 0 Å². The largest absolute Gasteiger partial charge is 0.454 e. The third-order valence-electron chi connectivity index (χ3n) is 15.9. The van der Waals surface area contributed by atoms with Crippen molar-refractivity contribution in [3.05, 3.63) is 24.3 Å². The molecule has 0 saturated carbocycles. The Kier molecular flexibility index (Phi) is 52.0. The Labute approximate surface area is 473 Å². The molecule has 0 aromatic rings. The van der Waals surface area contributed by atoms with E-state index in [1.807, 2.05) is 6.08 Å². The van der Waals surface area contributed by atoms with Crippen molar-refractivity contribution in [2.24, 2.45) is 0 Å². The molecule has 0 bridgehead atoms. The Morgan fingerprint density at radius 1 is 0.494 bits per heavy atom. The molecule has 0 spiro atoms. The van der Waals surface area contributed by atoms with Crippen molar-refractivity contribution in [1.29, 1.82) is 0 Å². The zero-order valence-corrected chi connectivity index (χ0v) is 50.4. The van der Waals surface area contributed by atoms with E-state index in [1.54, 1.807) is 6.08 Å². The minimum atomic E-state index is -1.61. The predicted molar refractivity (Wildman–Crippen MR) is 320 cm³/mol. The molecule has 1 aliphatic rings. The van der Waals surface area contributed by atoms with Crippen molar-refractivity contribution in [3.8, 4) is 0 Å². The van der Waals surface area contributed by atoms with E-state index in [-0.39, 0.29) is 13.0 Å². The SMILES string of the molecule is CCCCCCCC/C=C\CCCCCC(=O)OC1C(OCC(NC(=O)C(O)CCCCCCCCCCCCCCCCCCCCCCCC)C(O)/C=C/CCCCCCCCCCCCC)OC(CO)C(O)C1O. The Bertz CT molecular complexity index is 1350. The Balaban J connectivity index is 2.62. The molecule has 77 heavy (non-hydrogen) atoms. The molecule has 0 aromatic heterocycles. The summed E-state index contributed by atoms with van der Waals surface area (Å²) in [5.74, 6) is -1.20. The van der Waals surface area contributed by atoms with Gasteiger partial charge in [-0.25, -0.2) is 0 Å². The molecule has 8 atom stereocenters. The molecule has 1 fully saturated rings. The number of unbranched alkanes of at least 4 members (excludes halogenated alkanes) is 41. The van der Waals surface area contributed by atoms with Crippen LogP contribution in [0.1, 0.15) is 323 Å². The third-order valence-corrected chi connectivity index (χ3v) is 15.9. The molecule has 0 radical (unpaired) electrons. The number of amides is 1. The molecule has 1 aliphatic heterocycles. The first kappa shape index (κ1) is 73.2. The number of carbonyl (C=O) groups is 2. The molecule has 1 amide bonds. The quantitative estimate of drug-likeness (QED) is 0.0195. The van der Waals surface area contributed by atoms with Gasteiger partial charge in [-0.05, 0) is 51.4 Å². The fraction of sp³-hybridized carbons (Fsp3) is 0.909. The second kappa shape index (κ2) is 54.7. The maximum Gasteiger partial charge on any atom is 0.306 e. The Morgan fingerprint density at radius 2 is 0.857 bits per heavy atom. The van der Waals surface area contributed by atoms with Crippen LogP contribution in [0.3, 0.4) is 0 Å². The van der Waals surface area contributed by atoms with Gasteiger partial charge in [0.25, 0.3) is 0 Å². The van der Waals surface area contributed by atoms with Gasteiger partial charge >= 0.3 is 5.97 Å². The van der Waals surface area contributed by atoms with E-state index >= 15 is 0 Å². The summed E-state index contributed by atoms with van der Waals surface area (Å²) in [6.07, 6.45) is 53.7. The summed E-state index contributed by atoms with van der Waals surface area (Å²) in [5, 5.41) is 57.0. The molecular weight excluding hydrogens is 967 g/mol. The highest BCUT2D eigenvalue weighted by molar-refractivity contribution is 5.80. The highest BCUT2D eigenvalue weighted by Crippen LogP contribution is 2.26. The highest BCUT2D eigenvalue weighted by Gasteiger charge is 2.47. The second-order valence-corrected chi connectivity index (χ2v) is 23.2. The molecule has 454 valence electrons. The summed E-state index contributed by atoms with van der Waals surface area (Å²) >= 11 is 0. The van der Waals surface area contributed by atoms with Gasteiger partial charge in [0.05, 0.1) is 25.4 Å². The molecule has 11 heteroatoms. The maximum absolute atomic E-state index is 13.5. The minimum Gasteiger partial charge on any atom is -0.454 e. The number of hydrogen-bond acceptors (Lipinski definition) is 10. The smallest absolute Gasteiger partial charge is 0.306 e. The lowest BCUT2D eigenvalue weighted by Gasteiger charge is -2.41. The van der Waals surface area contributed by atoms with Crippen LogP contribution in [0.2, 0.25) is 0 Å². The van der Waals surface area contributed by atoms with Gasteiger partial charge in [0.2, 0.25) is 5.91 Å². The lowest BCUT2D eigenvalue weighted by Crippen LogP contribution is -2.61. The van der Waals surface area contributed by atoms with Gasteiger partial charge in [-0.3, -0.25) is 9.59 Å². The van der Waals surface area contributed by atoms with Gasteiger partial charge in [0.15, 0.2) is 12.4 Å². The van der Waals surface area contributed by atoms with E-state index < -0.39 is 67.4 Å². The number of nitrogens with one attached hydrogen (secondary N) is 1.